The van der Waals surface area contributed by atoms with Crippen LogP contribution in [0.5, 0.6) is 5.88 Å². The van der Waals surface area contributed by atoms with E-state index < -0.39 is 0 Å². The maximum atomic E-state index is 5.75. The topological polar surface area (TPSA) is 34.2 Å². The van der Waals surface area contributed by atoms with Gasteiger partial charge in [-0.2, -0.15) is 0 Å². The Bertz CT molecular complexity index is 314. The average molecular weight is 196 g/mol. The van der Waals surface area contributed by atoms with Crippen LogP contribution in [0.3, 0.4) is 0 Å². The Kier molecular flexibility index (Phi) is 2.17. The standard InChI is InChI=1S/C9H12N2OS/c1-9(2)6-11-13-7-4-3-5-10-8(7)12-9/h3-5,11H,6H2,1-2H3. The van der Waals surface area contributed by atoms with Crippen molar-refractivity contribution in [1.29, 1.82) is 0 Å². The number of fused-ring (bicyclic) bond motifs is 1. The van der Waals surface area contributed by atoms with Gasteiger partial charge in [0, 0.05) is 12.7 Å². The summed E-state index contributed by atoms with van der Waals surface area (Å²) in [5, 5.41) is 0. The van der Waals surface area contributed by atoms with Gasteiger partial charge in [-0.25, -0.2) is 4.98 Å². The van der Waals surface area contributed by atoms with Gasteiger partial charge in [0.15, 0.2) is 0 Å². The summed E-state index contributed by atoms with van der Waals surface area (Å²) in [7, 11) is 0. The number of hydrogen-bond donors (Lipinski definition) is 1. The molecule has 0 radical (unpaired) electrons. The van der Waals surface area contributed by atoms with Crippen LogP contribution in [0.1, 0.15) is 13.8 Å². The molecule has 4 heteroatoms. The number of nitrogens with one attached hydrogen (secondary N) is 1. The van der Waals surface area contributed by atoms with E-state index in [0.717, 1.165) is 17.3 Å². The van der Waals surface area contributed by atoms with E-state index in [1.165, 1.54) is 0 Å². The maximum absolute atomic E-state index is 5.75. The van der Waals surface area contributed by atoms with Gasteiger partial charge in [-0.1, -0.05) is 0 Å². The van der Waals surface area contributed by atoms with Crippen LogP contribution < -0.4 is 9.46 Å². The van der Waals surface area contributed by atoms with Crippen LogP contribution in [0.15, 0.2) is 23.2 Å². The molecule has 0 spiro atoms. The fourth-order valence-electron chi connectivity index (χ4n) is 1.12. The van der Waals surface area contributed by atoms with E-state index in [1.807, 2.05) is 26.0 Å². The summed E-state index contributed by atoms with van der Waals surface area (Å²) in [6, 6.07) is 3.91. The molecule has 0 fully saturated rings. The summed E-state index contributed by atoms with van der Waals surface area (Å²) < 4.78 is 9.00. The number of pyridine rings is 1. The molecule has 0 unspecified atom stereocenters. The molecule has 0 amide bonds. The van der Waals surface area contributed by atoms with Crippen molar-refractivity contribution in [2.75, 3.05) is 6.54 Å². The van der Waals surface area contributed by atoms with Crippen molar-refractivity contribution >= 4 is 11.9 Å². The van der Waals surface area contributed by atoms with Crippen molar-refractivity contribution in [1.82, 2.24) is 9.71 Å². The Morgan fingerprint density at radius 1 is 1.62 bits per heavy atom. The predicted octanol–water partition coefficient (Wildman–Crippen LogP) is 1.85. The van der Waals surface area contributed by atoms with Gasteiger partial charge in [0.25, 0.3) is 0 Å². The molecule has 1 aromatic heterocycles. The van der Waals surface area contributed by atoms with Crippen molar-refractivity contribution in [3.05, 3.63) is 18.3 Å². The first-order valence-electron chi connectivity index (χ1n) is 4.21. The Morgan fingerprint density at radius 3 is 3.31 bits per heavy atom. The third-order valence-corrected chi connectivity index (χ3v) is 2.61. The summed E-state index contributed by atoms with van der Waals surface area (Å²) in [5.74, 6) is 0.725. The number of hydrogen-bond acceptors (Lipinski definition) is 4. The Morgan fingerprint density at radius 2 is 2.46 bits per heavy atom. The van der Waals surface area contributed by atoms with Crippen LogP contribution in [0.25, 0.3) is 0 Å². The highest BCUT2D eigenvalue weighted by molar-refractivity contribution is 7.97. The minimum Gasteiger partial charge on any atom is -0.469 e. The minimum atomic E-state index is -0.188. The molecule has 0 aromatic carbocycles. The lowest BCUT2D eigenvalue weighted by atomic mass is 10.1. The molecule has 70 valence electrons. The number of aromatic nitrogens is 1. The fraction of sp³-hybridized carbons (Fsp3) is 0.444. The minimum absolute atomic E-state index is 0.188. The first-order valence-corrected chi connectivity index (χ1v) is 5.03. The highest BCUT2D eigenvalue weighted by atomic mass is 32.2. The summed E-state index contributed by atoms with van der Waals surface area (Å²) in [4.78, 5) is 5.24. The first kappa shape index (κ1) is 8.84. The lowest BCUT2D eigenvalue weighted by Gasteiger charge is -2.22. The van der Waals surface area contributed by atoms with Gasteiger partial charge in [0.1, 0.15) is 5.60 Å². The number of ether oxygens (including phenoxy) is 1. The van der Waals surface area contributed by atoms with Crippen LogP contribution in [0, 0.1) is 0 Å². The molecule has 1 N–H and O–H groups in total. The molecule has 0 aliphatic carbocycles. The molecule has 0 bridgehead atoms. The van der Waals surface area contributed by atoms with E-state index in [1.54, 1.807) is 18.1 Å². The molecular weight excluding hydrogens is 184 g/mol. The first-order chi connectivity index (χ1) is 6.17. The maximum Gasteiger partial charge on any atom is 0.229 e. The molecule has 2 rings (SSSR count). The monoisotopic (exact) mass is 196 g/mol. The van der Waals surface area contributed by atoms with Crippen LogP contribution >= 0.6 is 11.9 Å². The molecule has 2 heterocycles. The summed E-state index contributed by atoms with van der Waals surface area (Å²) in [6.07, 6.45) is 1.75. The second kappa shape index (κ2) is 3.20. The zero-order valence-corrected chi connectivity index (χ0v) is 8.52. The van der Waals surface area contributed by atoms with E-state index in [4.69, 9.17) is 4.74 Å². The third-order valence-electron chi connectivity index (χ3n) is 1.79. The normalized spacial score (nSPS) is 19.8. The summed E-state index contributed by atoms with van der Waals surface area (Å²) >= 11 is 1.57. The van der Waals surface area contributed by atoms with E-state index >= 15 is 0 Å². The van der Waals surface area contributed by atoms with Crippen molar-refractivity contribution in [2.24, 2.45) is 0 Å². The molecular formula is C9H12N2OS. The zero-order valence-electron chi connectivity index (χ0n) is 7.70. The van der Waals surface area contributed by atoms with Crippen molar-refractivity contribution in [3.63, 3.8) is 0 Å². The average Bonchev–Trinajstić information content (AvgIpc) is 2.21. The second-order valence-electron chi connectivity index (χ2n) is 3.59. The third kappa shape index (κ3) is 1.95. The van der Waals surface area contributed by atoms with Crippen molar-refractivity contribution in [2.45, 2.75) is 24.3 Å². The SMILES string of the molecule is CC1(C)CNSc2cccnc2O1. The molecule has 1 aliphatic rings. The molecule has 1 aliphatic heterocycles. The van der Waals surface area contributed by atoms with Crippen LogP contribution in [-0.4, -0.2) is 17.1 Å². The van der Waals surface area contributed by atoms with Gasteiger partial charge in [0.2, 0.25) is 5.88 Å². The van der Waals surface area contributed by atoms with E-state index in [2.05, 4.69) is 9.71 Å². The summed E-state index contributed by atoms with van der Waals surface area (Å²) in [5.41, 5.74) is -0.188. The zero-order chi connectivity index (χ0) is 9.31. The largest absolute Gasteiger partial charge is 0.469 e. The van der Waals surface area contributed by atoms with Gasteiger partial charge in [0.05, 0.1) is 4.90 Å². The second-order valence-corrected chi connectivity index (χ2v) is 4.52. The molecule has 0 atom stereocenters. The number of nitrogens with zero attached hydrogens (tertiary/aromatic N) is 1. The van der Waals surface area contributed by atoms with E-state index in [0.29, 0.717) is 0 Å². The fourth-order valence-corrected chi connectivity index (χ4v) is 2.02. The lowest BCUT2D eigenvalue weighted by molar-refractivity contribution is 0.108. The smallest absolute Gasteiger partial charge is 0.229 e. The van der Waals surface area contributed by atoms with Gasteiger partial charge in [-0.15, -0.1) is 0 Å². The molecule has 0 saturated carbocycles. The van der Waals surface area contributed by atoms with Crippen LogP contribution in [-0.2, 0) is 0 Å². The highest BCUT2D eigenvalue weighted by Gasteiger charge is 2.25. The Hall–Kier alpha value is -0.740. The van der Waals surface area contributed by atoms with Gasteiger partial charge < -0.3 is 4.74 Å². The van der Waals surface area contributed by atoms with Gasteiger partial charge >= 0.3 is 0 Å². The molecule has 0 saturated heterocycles. The predicted molar refractivity (Wildman–Crippen MR) is 52.8 cm³/mol. The molecule has 3 nitrogen and oxygen atoms in total. The summed E-state index contributed by atoms with van der Waals surface area (Å²) in [6.45, 7) is 4.91. The van der Waals surface area contributed by atoms with Crippen LogP contribution in [0.4, 0.5) is 0 Å². The Balaban J connectivity index is 2.34. The number of rotatable bonds is 0. The van der Waals surface area contributed by atoms with E-state index in [9.17, 15) is 0 Å². The van der Waals surface area contributed by atoms with Crippen LogP contribution in [0.2, 0.25) is 0 Å². The lowest BCUT2D eigenvalue weighted by Crippen LogP contribution is -2.36. The van der Waals surface area contributed by atoms with Gasteiger partial charge in [-0.05, 0) is 37.9 Å². The molecule has 1 aromatic rings. The van der Waals surface area contributed by atoms with Crippen molar-refractivity contribution in [3.8, 4) is 5.88 Å². The van der Waals surface area contributed by atoms with E-state index in [-0.39, 0.29) is 5.60 Å². The quantitative estimate of drug-likeness (QED) is 0.642. The van der Waals surface area contributed by atoms with Gasteiger partial charge in [-0.3, -0.25) is 4.72 Å². The molecule has 13 heavy (non-hydrogen) atoms. The van der Waals surface area contributed by atoms with Crippen molar-refractivity contribution < 1.29 is 4.74 Å². The highest BCUT2D eigenvalue weighted by Crippen LogP contribution is 2.30. The Labute approximate surface area is 82.0 Å².